The second-order valence-corrected chi connectivity index (χ2v) is 6.93. The van der Waals surface area contributed by atoms with Gasteiger partial charge in [-0.25, -0.2) is 4.39 Å². The lowest BCUT2D eigenvalue weighted by atomic mass is 10.0. The van der Waals surface area contributed by atoms with Crippen LogP contribution in [0.4, 0.5) is 4.39 Å². The number of benzene rings is 2. The molecule has 2 amide bonds. The van der Waals surface area contributed by atoms with E-state index in [9.17, 15) is 14.0 Å². The second kappa shape index (κ2) is 8.39. The number of piperidine rings is 1. The van der Waals surface area contributed by atoms with E-state index < -0.39 is 5.91 Å². The normalized spacial score (nSPS) is 14.8. The van der Waals surface area contributed by atoms with E-state index >= 15 is 0 Å². The minimum Gasteiger partial charge on any atom is -0.490 e. The van der Waals surface area contributed by atoms with Crippen molar-refractivity contribution in [1.82, 2.24) is 4.90 Å². The van der Waals surface area contributed by atoms with Crippen LogP contribution in [-0.2, 0) is 11.2 Å². The van der Waals surface area contributed by atoms with Crippen molar-refractivity contribution in [3.8, 4) is 5.75 Å². The van der Waals surface area contributed by atoms with Crippen LogP contribution >= 0.6 is 11.6 Å². The Morgan fingerprint density at radius 1 is 1.15 bits per heavy atom. The Hall–Kier alpha value is -2.60. The molecule has 0 bridgehead atoms. The van der Waals surface area contributed by atoms with E-state index in [0.29, 0.717) is 47.8 Å². The first-order valence-corrected chi connectivity index (χ1v) is 9.08. The molecule has 2 aromatic carbocycles. The van der Waals surface area contributed by atoms with E-state index in [1.807, 2.05) is 0 Å². The monoisotopic (exact) mass is 390 g/mol. The van der Waals surface area contributed by atoms with E-state index in [0.717, 1.165) is 0 Å². The summed E-state index contributed by atoms with van der Waals surface area (Å²) in [7, 11) is 0. The van der Waals surface area contributed by atoms with Crippen molar-refractivity contribution in [2.24, 2.45) is 5.73 Å². The summed E-state index contributed by atoms with van der Waals surface area (Å²) in [5.74, 6) is -0.331. The number of primary amides is 1. The largest absolute Gasteiger partial charge is 0.490 e. The van der Waals surface area contributed by atoms with Crippen LogP contribution in [0.3, 0.4) is 0 Å². The molecule has 27 heavy (non-hydrogen) atoms. The summed E-state index contributed by atoms with van der Waals surface area (Å²) in [6, 6.07) is 10.8. The van der Waals surface area contributed by atoms with Gasteiger partial charge < -0.3 is 15.4 Å². The fourth-order valence-electron chi connectivity index (χ4n) is 3.10. The van der Waals surface area contributed by atoms with Crippen molar-refractivity contribution >= 4 is 23.4 Å². The van der Waals surface area contributed by atoms with Gasteiger partial charge in [0, 0.05) is 25.9 Å². The second-order valence-electron chi connectivity index (χ2n) is 6.52. The molecule has 0 aliphatic carbocycles. The van der Waals surface area contributed by atoms with Crippen LogP contribution in [-0.4, -0.2) is 35.9 Å². The summed E-state index contributed by atoms with van der Waals surface area (Å²) < 4.78 is 18.8. The minimum absolute atomic E-state index is 0.0313. The highest BCUT2D eigenvalue weighted by Gasteiger charge is 2.26. The summed E-state index contributed by atoms with van der Waals surface area (Å²) in [5.41, 5.74) is 6.24. The zero-order valence-electron chi connectivity index (χ0n) is 14.7. The first kappa shape index (κ1) is 19.2. The average molecular weight is 391 g/mol. The number of likely N-dealkylation sites (tertiary alicyclic amines) is 1. The molecule has 1 saturated heterocycles. The third-order valence-electron chi connectivity index (χ3n) is 4.49. The van der Waals surface area contributed by atoms with Crippen molar-refractivity contribution in [1.29, 1.82) is 0 Å². The summed E-state index contributed by atoms with van der Waals surface area (Å²) in [6.45, 7) is 1.06. The van der Waals surface area contributed by atoms with E-state index in [2.05, 4.69) is 0 Å². The SMILES string of the molecule is NC(=O)Cc1ccc(Cl)c(C(=O)N2CCC(Oc3ccc(F)cc3)CC2)c1. The third-order valence-corrected chi connectivity index (χ3v) is 4.81. The number of carbonyl (C=O) groups is 2. The summed E-state index contributed by atoms with van der Waals surface area (Å²) in [4.78, 5) is 25.6. The van der Waals surface area contributed by atoms with Gasteiger partial charge in [-0.2, -0.15) is 0 Å². The molecule has 0 saturated carbocycles. The van der Waals surface area contributed by atoms with Crippen LogP contribution in [0.15, 0.2) is 42.5 Å². The Labute approximate surface area is 161 Å². The number of amides is 2. The molecule has 2 N–H and O–H groups in total. The quantitative estimate of drug-likeness (QED) is 0.852. The fraction of sp³-hybridized carbons (Fsp3) is 0.300. The number of ether oxygens (including phenoxy) is 1. The fourth-order valence-corrected chi connectivity index (χ4v) is 3.30. The average Bonchev–Trinajstić information content (AvgIpc) is 2.65. The Kier molecular flexibility index (Phi) is 5.96. The van der Waals surface area contributed by atoms with E-state index in [4.69, 9.17) is 22.1 Å². The van der Waals surface area contributed by atoms with Gasteiger partial charge in [-0.15, -0.1) is 0 Å². The standard InChI is InChI=1S/C20H20ClFN2O3/c21-18-6-1-13(12-19(23)25)11-17(18)20(26)24-9-7-16(8-10-24)27-15-4-2-14(22)3-5-15/h1-6,11,16H,7-10,12H2,(H2,23,25). The van der Waals surface area contributed by atoms with E-state index in [-0.39, 0.29) is 24.2 Å². The molecule has 0 radical (unpaired) electrons. The number of halogens is 2. The maximum absolute atomic E-state index is 13.0. The lowest BCUT2D eigenvalue weighted by Crippen LogP contribution is -2.41. The Bertz CT molecular complexity index is 834. The van der Waals surface area contributed by atoms with Gasteiger partial charge in [0.15, 0.2) is 0 Å². The molecule has 142 valence electrons. The molecule has 1 heterocycles. The van der Waals surface area contributed by atoms with Gasteiger partial charge in [0.1, 0.15) is 17.7 Å². The Balaban J connectivity index is 1.61. The Morgan fingerprint density at radius 2 is 1.81 bits per heavy atom. The van der Waals surface area contributed by atoms with E-state index in [1.165, 1.54) is 12.1 Å². The summed E-state index contributed by atoms with van der Waals surface area (Å²) in [6.07, 6.45) is 1.37. The predicted molar refractivity (Wildman–Crippen MR) is 100 cm³/mol. The predicted octanol–water partition coefficient (Wildman–Crippen LogP) is 3.19. The summed E-state index contributed by atoms with van der Waals surface area (Å²) >= 11 is 6.18. The molecule has 5 nitrogen and oxygen atoms in total. The molecule has 0 unspecified atom stereocenters. The number of rotatable bonds is 5. The third kappa shape index (κ3) is 4.98. The highest BCUT2D eigenvalue weighted by molar-refractivity contribution is 6.33. The van der Waals surface area contributed by atoms with Crippen LogP contribution in [0.25, 0.3) is 0 Å². The van der Waals surface area contributed by atoms with Crippen LogP contribution < -0.4 is 10.5 Å². The maximum Gasteiger partial charge on any atom is 0.255 e. The molecule has 0 aromatic heterocycles. The van der Waals surface area contributed by atoms with Crippen LogP contribution in [0.5, 0.6) is 5.75 Å². The van der Waals surface area contributed by atoms with Crippen molar-refractivity contribution in [2.45, 2.75) is 25.4 Å². The molecule has 1 fully saturated rings. The number of nitrogens with zero attached hydrogens (tertiary/aromatic N) is 1. The molecular formula is C20H20ClFN2O3. The van der Waals surface area contributed by atoms with Crippen molar-refractivity contribution < 1.29 is 18.7 Å². The Morgan fingerprint density at radius 3 is 2.44 bits per heavy atom. The number of nitrogens with two attached hydrogens (primary N) is 1. The number of carbonyl (C=O) groups excluding carboxylic acids is 2. The van der Waals surface area contributed by atoms with Gasteiger partial charge in [0.25, 0.3) is 5.91 Å². The molecule has 7 heteroatoms. The van der Waals surface area contributed by atoms with Crippen molar-refractivity contribution in [2.75, 3.05) is 13.1 Å². The molecular weight excluding hydrogens is 371 g/mol. The zero-order valence-corrected chi connectivity index (χ0v) is 15.4. The maximum atomic E-state index is 13.0. The van der Waals surface area contributed by atoms with Gasteiger partial charge in [-0.05, 0) is 42.0 Å². The van der Waals surface area contributed by atoms with Crippen LogP contribution in [0.1, 0.15) is 28.8 Å². The van der Waals surface area contributed by atoms with Gasteiger partial charge in [-0.3, -0.25) is 9.59 Å². The number of hydrogen-bond acceptors (Lipinski definition) is 3. The smallest absolute Gasteiger partial charge is 0.255 e. The molecule has 2 aromatic rings. The summed E-state index contributed by atoms with van der Waals surface area (Å²) in [5, 5.41) is 0.345. The van der Waals surface area contributed by atoms with Gasteiger partial charge in [0.05, 0.1) is 17.0 Å². The molecule has 1 aliphatic heterocycles. The lowest BCUT2D eigenvalue weighted by molar-refractivity contribution is -0.117. The van der Waals surface area contributed by atoms with Gasteiger partial charge >= 0.3 is 0 Å². The minimum atomic E-state index is -0.463. The van der Waals surface area contributed by atoms with Crippen molar-refractivity contribution in [3.63, 3.8) is 0 Å². The van der Waals surface area contributed by atoms with Crippen LogP contribution in [0.2, 0.25) is 5.02 Å². The molecule has 0 atom stereocenters. The molecule has 3 rings (SSSR count). The highest BCUT2D eigenvalue weighted by Crippen LogP contribution is 2.24. The van der Waals surface area contributed by atoms with E-state index in [1.54, 1.807) is 35.2 Å². The zero-order chi connectivity index (χ0) is 19.4. The lowest BCUT2D eigenvalue weighted by Gasteiger charge is -2.32. The first-order chi connectivity index (χ1) is 12.9. The molecule has 0 spiro atoms. The number of hydrogen-bond donors (Lipinski definition) is 1. The first-order valence-electron chi connectivity index (χ1n) is 8.70. The van der Waals surface area contributed by atoms with Gasteiger partial charge in [-0.1, -0.05) is 17.7 Å². The van der Waals surface area contributed by atoms with Crippen LogP contribution in [0, 0.1) is 5.82 Å². The van der Waals surface area contributed by atoms with Gasteiger partial charge in [0.2, 0.25) is 5.91 Å². The molecule has 1 aliphatic rings. The van der Waals surface area contributed by atoms with Crippen molar-refractivity contribution in [3.05, 3.63) is 64.4 Å². The topological polar surface area (TPSA) is 72.6 Å². The highest BCUT2D eigenvalue weighted by atomic mass is 35.5.